The SMILES string of the molecule is Cc1ccc(Oc2nc(Cl)ncc2C)cc1. The minimum Gasteiger partial charge on any atom is -0.439 e. The Morgan fingerprint density at radius 2 is 1.81 bits per heavy atom. The van der Waals surface area contributed by atoms with E-state index in [1.807, 2.05) is 38.1 Å². The molecule has 4 heteroatoms. The van der Waals surface area contributed by atoms with Gasteiger partial charge in [-0.3, -0.25) is 0 Å². The summed E-state index contributed by atoms with van der Waals surface area (Å²) in [5.41, 5.74) is 2.04. The van der Waals surface area contributed by atoms with Gasteiger partial charge in [0, 0.05) is 11.8 Å². The fourth-order valence-corrected chi connectivity index (χ4v) is 1.35. The maximum Gasteiger partial charge on any atom is 0.226 e. The fourth-order valence-electron chi connectivity index (χ4n) is 1.23. The molecular weight excluding hydrogens is 224 g/mol. The first-order chi connectivity index (χ1) is 7.65. The van der Waals surface area contributed by atoms with Gasteiger partial charge in [-0.05, 0) is 37.6 Å². The summed E-state index contributed by atoms with van der Waals surface area (Å²) in [7, 11) is 0. The van der Waals surface area contributed by atoms with Crippen molar-refractivity contribution in [3.8, 4) is 11.6 Å². The first-order valence-corrected chi connectivity index (χ1v) is 5.26. The van der Waals surface area contributed by atoms with Crippen LogP contribution >= 0.6 is 11.6 Å². The maximum absolute atomic E-state index is 5.71. The molecule has 0 amide bonds. The molecule has 82 valence electrons. The van der Waals surface area contributed by atoms with Crippen LogP contribution in [0.4, 0.5) is 0 Å². The van der Waals surface area contributed by atoms with E-state index >= 15 is 0 Å². The first kappa shape index (κ1) is 10.9. The summed E-state index contributed by atoms with van der Waals surface area (Å²) in [5, 5.41) is 0.188. The van der Waals surface area contributed by atoms with Crippen LogP contribution in [0.2, 0.25) is 5.28 Å². The van der Waals surface area contributed by atoms with Crippen molar-refractivity contribution in [2.24, 2.45) is 0 Å². The van der Waals surface area contributed by atoms with Gasteiger partial charge in [0.15, 0.2) is 0 Å². The molecule has 2 aromatic rings. The van der Waals surface area contributed by atoms with E-state index in [0.29, 0.717) is 5.88 Å². The molecule has 3 nitrogen and oxygen atoms in total. The third kappa shape index (κ3) is 2.49. The molecule has 0 aliphatic heterocycles. The van der Waals surface area contributed by atoms with Crippen LogP contribution in [0, 0.1) is 13.8 Å². The smallest absolute Gasteiger partial charge is 0.226 e. The molecule has 0 atom stereocenters. The maximum atomic E-state index is 5.71. The van der Waals surface area contributed by atoms with Crippen molar-refractivity contribution in [2.75, 3.05) is 0 Å². The quantitative estimate of drug-likeness (QED) is 0.746. The van der Waals surface area contributed by atoms with Gasteiger partial charge in [0.1, 0.15) is 5.75 Å². The minimum atomic E-state index is 0.188. The third-order valence-electron chi connectivity index (χ3n) is 2.13. The molecule has 0 spiro atoms. The Kier molecular flexibility index (Phi) is 3.06. The van der Waals surface area contributed by atoms with Crippen molar-refractivity contribution in [2.45, 2.75) is 13.8 Å². The molecular formula is C12H11ClN2O. The fraction of sp³-hybridized carbons (Fsp3) is 0.167. The Bertz CT molecular complexity index is 497. The van der Waals surface area contributed by atoms with Crippen molar-refractivity contribution in [1.82, 2.24) is 9.97 Å². The molecule has 1 aromatic heterocycles. The van der Waals surface area contributed by atoms with E-state index < -0.39 is 0 Å². The van der Waals surface area contributed by atoms with Gasteiger partial charge >= 0.3 is 0 Å². The minimum absolute atomic E-state index is 0.188. The predicted octanol–water partition coefficient (Wildman–Crippen LogP) is 3.54. The zero-order chi connectivity index (χ0) is 11.5. The summed E-state index contributed by atoms with van der Waals surface area (Å²) < 4.78 is 5.61. The summed E-state index contributed by atoms with van der Waals surface area (Å²) in [6, 6.07) is 7.75. The molecule has 0 bridgehead atoms. The number of hydrogen-bond donors (Lipinski definition) is 0. The molecule has 0 aliphatic rings. The summed E-state index contributed by atoms with van der Waals surface area (Å²) in [4.78, 5) is 7.89. The Balaban J connectivity index is 2.26. The van der Waals surface area contributed by atoms with E-state index in [1.54, 1.807) is 6.20 Å². The number of aryl methyl sites for hydroxylation is 2. The summed E-state index contributed by atoms with van der Waals surface area (Å²) >= 11 is 5.71. The molecule has 1 heterocycles. The summed E-state index contributed by atoms with van der Waals surface area (Å²) in [6.45, 7) is 3.90. The molecule has 2 rings (SSSR count). The van der Waals surface area contributed by atoms with Gasteiger partial charge in [0.2, 0.25) is 11.2 Å². The van der Waals surface area contributed by atoms with Crippen molar-refractivity contribution in [3.05, 3.63) is 46.9 Å². The largest absolute Gasteiger partial charge is 0.439 e. The van der Waals surface area contributed by atoms with Gasteiger partial charge in [-0.2, -0.15) is 4.98 Å². The Hall–Kier alpha value is -1.61. The topological polar surface area (TPSA) is 35.0 Å². The van der Waals surface area contributed by atoms with E-state index in [9.17, 15) is 0 Å². The summed E-state index contributed by atoms with van der Waals surface area (Å²) in [5.74, 6) is 1.23. The van der Waals surface area contributed by atoms with Crippen LogP contribution in [0.3, 0.4) is 0 Å². The average molecular weight is 235 g/mol. The van der Waals surface area contributed by atoms with Crippen LogP contribution in [0.5, 0.6) is 11.6 Å². The van der Waals surface area contributed by atoms with E-state index in [2.05, 4.69) is 9.97 Å². The lowest BCUT2D eigenvalue weighted by molar-refractivity contribution is 0.457. The molecule has 0 fully saturated rings. The molecule has 0 aliphatic carbocycles. The molecule has 0 N–H and O–H groups in total. The number of benzene rings is 1. The van der Waals surface area contributed by atoms with Crippen LogP contribution in [0.15, 0.2) is 30.5 Å². The number of hydrogen-bond acceptors (Lipinski definition) is 3. The first-order valence-electron chi connectivity index (χ1n) is 4.89. The number of rotatable bonds is 2. The van der Waals surface area contributed by atoms with Crippen molar-refractivity contribution in [1.29, 1.82) is 0 Å². The predicted molar refractivity (Wildman–Crippen MR) is 63.0 cm³/mol. The second kappa shape index (κ2) is 4.49. The Morgan fingerprint density at radius 3 is 2.50 bits per heavy atom. The normalized spacial score (nSPS) is 10.2. The van der Waals surface area contributed by atoms with Crippen molar-refractivity contribution < 1.29 is 4.74 Å². The molecule has 0 radical (unpaired) electrons. The Labute approximate surface area is 99.1 Å². The third-order valence-corrected chi connectivity index (χ3v) is 2.31. The number of halogens is 1. The second-order valence-electron chi connectivity index (χ2n) is 3.54. The van der Waals surface area contributed by atoms with E-state index in [4.69, 9.17) is 16.3 Å². The van der Waals surface area contributed by atoms with Crippen LogP contribution in [-0.4, -0.2) is 9.97 Å². The van der Waals surface area contributed by atoms with Crippen molar-refractivity contribution in [3.63, 3.8) is 0 Å². The van der Waals surface area contributed by atoms with Gasteiger partial charge in [-0.15, -0.1) is 0 Å². The number of nitrogens with zero attached hydrogens (tertiary/aromatic N) is 2. The Morgan fingerprint density at radius 1 is 1.12 bits per heavy atom. The average Bonchev–Trinajstić information content (AvgIpc) is 2.27. The lowest BCUT2D eigenvalue weighted by Crippen LogP contribution is -1.93. The number of ether oxygens (including phenoxy) is 1. The van der Waals surface area contributed by atoms with Gasteiger partial charge in [-0.1, -0.05) is 17.7 Å². The lowest BCUT2D eigenvalue weighted by Gasteiger charge is -2.07. The zero-order valence-corrected chi connectivity index (χ0v) is 9.82. The highest BCUT2D eigenvalue weighted by molar-refractivity contribution is 6.28. The van der Waals surface area contributed by atoms with Crippen LogP contribution < -0.4 is 4.74 Å². The highest BCUT2D eigenvalue weighted by Crippen LogP contribution is 2.23. The van der Waals surface area contributed by atoms with Crippen molar-refractivity contribution >= 4 is 11.6 Å². The van der Waals surface area contributed by atoms with Crippen LogP contribution in [-0.2, 0) is 0 Å². The van der Waals surface area contributed by atoms with Gasteiger partial charge in [0.25, 0.3) is 0 Å². The highest BCUT2D eigenvalue weighted by Gasteiger charge is 2.04. The summed E-state index contributed by atoms with van der Waals surface area (Å²) in [6.07, 6.45) is 1.64. The van der Waals surface area contributed by atoms with Crippen LogP contribution in [0.25, 0.3) is 0 Å². The molecule has 16 heavy (non-hydrogen) atoms. The van der Waals surface area contributed by atoms with Crippen LogP contribution in [0.1, 0.15) is 11.1 Å². The zero-order valence-electron chi connectivity index (χ0n) is 9.07. The molecule has 0 saturated carbocycles. The van der Waals surface area contributed by atoms with E-state index in [0.717, 1.165) is 11.3 Å². The number of aromatic nitrogens is 2. The highest BCUT2D eigenvalue weighted by atomic mass is 35.5. The molecule has 0 saturated heterocycles. The lowest BCUT2D eigenvalue weighted by atomic mass is 10.2. The van der Waals surface area contributed by atoms with Gasteiger partial charge in [-0.25, -0.2) is 4.98 Å². The molecule has 0 unspecified atom stereocenters. The monoisotopic (exact) mass is 234 g/mol. The standard InChI is InChI=1S/C12H11ClN2O/c1-8-3-5-10(6-4-8)16-11-9(2)7-14-12(13)15-11/h3-7H,1-2H3. The second-order valence-corrected chi connectivity index (χ2v) is 3.88. The van der Waals surface area contributed by atoms with Gasteiger partial charge in [0.05, 0.1) is 0 Å². The molecule has 1 aromatic carbocycles. The van der Waals surface area contributed by atoms with Gasteiger partial charge < -0.3 is 4.74 Å². The van der Waals surface area contributed by atoms with E-state index in [-0.39, 0.29) is 5.28 Å². The van der Waals surface area contributed by atoms with E-state index in [1.165, 1.54) is 5.56 Å².